The number of aliphatic hydroxyl groups is 8. The normalized spacial score (nSPS) is 11.5. The molecule has 0 heterocycles. The minimum Gasteiger partial charge on any atom is -0.451 e. The van der Waals surface area contributed by atoms with Crippen LogP contribution in [0.2, 0.25) is 0 Å². The summed E-state index contributed by atoms with van der Waals surface area (Å²) in [6.45, 7) is 3.32. The smallest absolute Gasteiger partial charge is 0.404 e. The lowest BCUT2D eigenvalue weighted by atomic mass is 10.4. The summed E-state index contributed by atoms with van der Waals surface area (Å²) in [7, 11) is 21.7. The average Bonchev–Trinajstić information content (AvgIpc) is 3.31. The van der Waals surface area contributed by atoms with E-state index in [9.17, 15) is 9.59 Å². The van der Waals surface area contributed by atoms with Gasteiger partial charge in [0.1, 0.15) is 55.4 Å². The largest absolute Gasteiger partial charge is 0.451 e. The number of hydrogen-bond acceptors (Lipinski definition) is 26. The van der Waals surface area contributed by atoms with Crippen LogP contribution in [0.1, 0.15) is 0 Å². The second-order valence-electron chi connectivity index (χ2n) is 12.5. The van der Waals surface area contributed by atoms with Crippen LogP contribution in [0.25, 0.3) is 0 Å². The van der Waals surface area contributed by atoms with Crippen molar-refractivity contribution in [1.29, 1.82) is 0 Å². The molecule has 28 heteroatoms. The first-order valence-electron chi connectivity index (χ1n) is 20.1. The maximum Gasteiger partial charge on any atom is 0.404 e. The highest BCUT2D eigenvalue weighted by Gasteiger charge is 2.12. The van der Waals surface area contributed by atoms with Crippen LogP contribution in [-0.4, -0.2) is 306 Å². The zero-order valence-corrected chi connectivity index (χ0v) is 44.1. The van der Waals surface area contributed by atoms with Crippen molar-refractivity contribution in [1.82, 2.24) is 0 Å². The predicted molar refractivity (Wildman–Crippen MR) is 249 cm³/mol. The minimum absolute atomic E-state index is 0.0182. The van der Waals surface area contributed by atoms with E-state index in [1.165, 1.54) is 35.5 Å². The van der Waals surface area contributed by atoms with Crippen LogP contribution in [0, 0.1) is 0 Å². The molecule has 0 fully saturated rings. The number of hydrogen-bond donors (Lipinski definition) is 8. The number of ether oxygens (including phenoxy) is 16. The van der Waals surface area contributed by atoms with Crippen LogP contribution in [0.5, 0.6) is 0 Å². The first-order chi connectivity index (χ1) is 32.3. The highest BCUT2D eigenvalue weighted by Crippen LogP contribution is 1.98. The third kappa shape index (κ3) is 87.7. The van der Waals surface area contributed by atoms with Gasteiger partial charge in [-0.15, -0.1) is 0 Å². The van der Waals surface area contributed by atoms with Crippen molar-refractivity contribution >= 4 is 34.1 Å². The summed E-state index contributed by atoms with van der Waals surface area (Å²) in [5, 5.41) is 66.7. The third-order valence-electron chi connectivity index (χ3n) is 6.39. The van der Waals surface area contributed by atoms with Gasteiger partial charge in [0.05, 0.1) is 99.1 Å². The summed E-state index contributed by atoms with van der Waals surface area (Å²) in [6, 6.07) is 0. The van der Waals surface area contributed by atoms with Gasteiger partial charge in [0.25, 0.3) is 0 Å². The number of methoxy groups -OCH3 is 14. The number of carbonyl (C=O) groups excluding carboxylic acids is 2. The first-order valence-corrected chi connectivity index (χ1v) is 20.9. The van der Waals surface area contributed by atoms with E-state index in [0.717, 1.165) is 0 Å². The molecule has 3 atom stereocenters. The summed E-state index contributed by atoms with van der Waals surface area (Å²) in [6.07, 6.45) is -3.40. The molecule has 68 heavy (non-hydrogen) atoms. The van der Waals surface area contributed by atoms with E-state index in [0.29, 0.717) is 52.9 Å². The van der Waals surface area contributed by atoms with Crippen molar-refractivity contribution in [2.75, 3.05) is 205 Å². The second-order valence-corrected chi connectivity index (χ2v) is 13.1. The van der Waals surface area contributed by atoms with Crippen molar-refractivity contribution in [3.05, 3.63) is 0 Å². The Morgan fingerprint density at radius 1 is 0.324 bits per heavy atom. The zero-order valence-electron chi connectivity index (χ0n) is 42.6. The Hall–Kier alpha value is -1.36. The Morgan fingerprint density at radius 3 is 0.750 bits per heavy atom. The summed E-state index contributed by atoms with van der Waals surface area (Å²) in [5.41, 5.74) is -1.67. The zero-order chi connectivity index (χ0) is 54.4. The lowest BCUT2D eigenvalue weighted by Gasteiger charge is -2.13. The van der Waals surface area contributed by atoms with Crippen molar-refractivity contribution in [2.24, 2.45) is 0 Å². The van der Waals surface area contributed by atoms with Crippen LogP contribution in [0.3, 0.4) is 0 Å². The molecule has 0 bridgehead atoms. The molecule has 0 aliphatic carbocycles. The monoisotopic (exact) mass is 1060 g/mol. The molecule has 0 amide bonds. The van der Waals surface area contributed by atoms with Gasteiger partial charge in [-0.1, -0.05) is 0 Å². The van der Waals surface area contributed by atoms with E-state index in [1.54, 1.807) is 64.0 Å². The van der Waals surface area contributed by atoms with E-state index in [4.69, 9.17) is 107 Å². The molecule has 0 spiro atoms. The quantitative estimate of drug-likeness (QED) is 0.0358. The third-order valence-corrected chi connectivity index (χ3v) is 6.59. The van der Waals surface area contributed by atoms with E-state index in [1.807, 2.05) is 0 Å². The topological polar surface area (TPSA) is 344 Å². The van der Waals surface area contributed by atoms with Gasteiger partial charge in [-0.3, -0.25) is 0 Å². The highest BCUT2D eigenvalue weighted by atomic mass is 35.5. The molecule has 0 aromatic rings. The van der Waals surface area contributed by atoms with Gasteiger partial charge < -0.3 is 117 Å². The van der Waals surface area contributed by atoms with Gasteiger partial charge in [-0.25, -0.2) is 9.59 Å². The van der Waals surface area contributed by atoms with Gasteiger partial charge in [0, 0.05) is 123 Å². The standard InChI is InChI=1S/2C6H11ClO4.C6H14O3.3C5H12O3.C4H10O3.C3H8O3/c1-9-3-5(10-2)4-11-6(7)8;1-9-3-5(4-10-2)11-6(7)8;1-7-4-6(9-3)5-8-2;2*1-7-3-5(6)4-8-2;1-7-4-5(3-6)8-2;1-7-3-4(6)2-5;4-1-3(6)2-5/h2*5H,3-4H2,1-2H3;6H,4-5H2,1-3H3;3*5-6H,3-4H2,1-2H3;4-6H,2-3H2,1H3;3-6H,1-2H2. The Morgan fingerprint density at radius 2 is 0.574 bits per heavy atom. The summed E-state index contributed by atoms with van der Waals surface area (Å²) >= 11 is 9.89. The van der Waals surface area contributed by atoms with Crippen molar-refractivity contribution in [2.45, 2.75) is 48.8 Å². The maximum absolute atomic E-state index is 10.2. The summed E-state index contributed by atoms with van der Waals surface area (Å²) < 4.78 is 75.3. The van der Waals surface area contributed by atoms with Gasteiger partial charge in [-0.2, -0.15) is 0 Å². The average molecular weight is 1060 g/mol. The molecule has 26 nitrogen and oxygen atoms in total. The molecule has 420 valence electrons. The van der Waals surface area contributed by atoms with Crippen molar-refractivity contribution in [3.8, 4) is 0 Å². The molecule has 0 aromatic heterocycles. The van der Waals surface area contributed by atoms with Gasteiger partial charge in [0.2, 0.25) is 0 Å². The van der Waals surface area contributed by atoms with Crippen molar-refractivity contribution in [3.63, 3.8) is 0 Å². The maximum atomic E-state index is 10.2. The van der Waals surface area contributed by atoms with E-state index in [-0.39, 0.29) is 71.2 Å². The molecule has 0 radical (unpaired) electrons. The number of aliphatic hydroxyl groups excluding tert-OH is 8. The molecule has 0 aromatic carbocycles. The number of carbonyl (C=O) groups is 2. The molecule has 3 unspecified atom stereocenters. The minimum atomic E-state index is -0.954. The highest BCUT2D eigenvalue weighted by molar-refractivity contribution is 6.61. The van der Waals surface area contributed by atoms with Crippen LogP contribution in [0.15, 0.2) is 0 Å². The molecule has 0 saturated carbocycles. The van der Waals surface area contributed by atoms with E-state index >= 15 is 0 Å². The first kappa shape index (κ1) is 83.5. The number of halogens is 2. The van der Waals surface area contributed by atoms with Gasteiger partial charge in [-0.05, 0) is 0 Å². The molecule has 0 saturated heterocycles. The van der Waals surface area contributed by atoms with Crippen LogP contribution in [0.4, 0.5) is 9.59 Å². The van der Waals surface area contributed by atoms with Crippen LogP contribution >= 0.6 is 23.2 Å². The van der Waals surface area contributed by atoms with Crippen molar-refractivity contribution < 1.29 is 126 Å². The van der Waals surface area contributed by atoms with Gasteiger partial charge >= 0.3 is 10.9 Å². The lowest BCUT2D eigenvalue weighted by molar-refractivity contribution is -0.0178. The Bertz CT molecular complexity index is 851. The Balaban J connectivity index is -0.000000102. The summed E-state index contributed by atoms with van der Waals surface area (Å²) in [5.74, 6) is 0. The fourth-order valence-electron chi connectivity index (χ4n) is 3.25. The lowest BCUT2D eigenvalue weighted by Crippen LogP contribution is -2.25. The fourth-order valence-corrected chi connectivity index (χ4v) is 3.44. The second kappa shape index (κ2) is 74.6. The Labute approximate surface area is 413 Å². The molecule has 0 aliphatic heterocycles. The number of rotatable bonds is 32. The SMILES string of the molecule is COCC(CO)OC.COCC(COC(=O)Cl)OC.COCC(COC)OC.COCC(COC)OC(=O)Cl.COCC(O)CO.COCC(O)COC.COCC(O)COC.OCC(O)CO. The molecule has 8 N–H and O–H groups in total. The molecule has 0 rings (SSSR count). The Kier molecular flexibility index (Phi) is 91.6. The van der Waals surface area contributed by atoms with E-state index < -0.39 is 41.4 Å². The summed E-state index contributed by atoms with van der Waals surface area (Å²) in [4.78, 5) is 20.4. The molecular weight excluding hydrogens is 967 g/mol. The fraction of sp³-hybridized carbons (Fsp3) is 0.950. The predicted octanol–water partition coefficient (Wildman–Crippen LogP) is -1.42. The molecule has 0 aliphatic rings. The van der Waals surface area contributed by atoms with E-state index in [2.05, 4.69) is 33.2 Å². The van der Waals surface area contributed by atoms with Gasteiger partial charge in [0.15, 0.2) is 0 Å². The van der Waals surface area contributed by atoms with Crippen LogP contribution in [-0.2, 0) is 75.8 Å². The molecular formula is C40H90Cl2O26. The van der Waals surface area contributed by atoms with Crippen LogP contribution < -0.4 is 0 Å².